The molecule has 3 heteroatoms. The van der Waals surface area contributed by atoms with Gasteiger partial charge in [-0.2, -0.15) is 0 Å². The normalized spacial score (nSPS) is 56.3. The van der Waals surface area contributed by atoms with Crippen molar-refractivity contribution in [3.05, 3.63) is 0 Å². The van der Waals surface area contributed by atoms with Gasteiger partial charge in [-0.15, -0.1) is 0 Å². The number of oxime groups is 1. The van der Waals surface area contributed by atoms with E-state index in [4.69, 9.17) is 5.21 Å². The van der Waals surface area contributed by atoms with Gasteiger partial charge in [0.05, 0.1) is 11.8 Å². The zero-order chi connectivity index (χ0) is 15.5. The molecule has 0 aromatic heterocycles. The van der Waals surface area contributed by atoms with Crippen LogP contribution in [0, 0.1) is 34.5 Å². The third kappa shape index (κ3) is 1.87. The molecule has 4 aliphatic carbocycles. The van der Waals surface area contributed by atoms with Crippen LogP contribution in [0.2, 0.25) is 0 Å². The summed E-state index contributed by atoms with van der Waals surface area (Å²) in [6, 6.07) is 0. The number of hydrogen-bond acceptors (Lipinski definition) is 3. The van der Waals surface area contributed by atoms with E-state index in [-0.39, 0.29) is 11.5 Å². The zero-order valence-electron chi connectivity index (χ0n) is 14.1. The van der Waals surface area contributed by atoms with Crippen LogP contribution in [0.1, 0.15) is 71.6 Å². The number of aliphatic hydroxyl groups excluding tert-OH is 1. The molecule has 124 valence electrons. The molecule has 0 saturated heterocycles. The lowest BCUT2D eigenvalue weighted by Gasteiger charge is -2.60. The predicted molar refractivity (Wildman–Crippen MR) is 87.0 cm³/mol. The van der Waals surface area contributed by atoms with Crippen molar-refractivity contribution in [2.45, 2.75) is 77.7 Å². The molecule has 0 amide bonds. The van der Waals surface area contributed by atoms with Gasteiger partial charge in [0.25, 0.3) is 0 Å². The monoisotopic (exact) mass is 305 g/mol. The van der Waals surface area contributed by atoms with Gasteiger partial charge in [0.15, 0.2) is 0 Å². The van der Waals surface area contributed by atoms with E-state index in [2.05, 4.69) is 19.0 Å². The van der Waals surface area contributed by atoms with Gasteiger partial charge in [0.1, 0.15) is 0 Å². The molecule has 4 rings (SSSR count). The van der Waals surface area contributed by atoms with Crippen LogP contribution in [0.25, 0.3) is 0 Å². The Bertz CT molecular complexity index is 490. The van der Waals surface area contributed by atoms with E-state index in [9.17, 15) is 5.11 Å². The van der Waals surface area contributed by atoms with Gasteiger partial charge in [-0.25, -0.2) is 0 Å². The van der Waals surface area contributed by atoms with Crippen molar-refractivity contribution in [3.63, 3.8) is 0 Å². The van der Waals surface area contributed by atoms with Crippen molar-refractivity contribution in [2.75, 3.05) is 0 Å². The van der Waals surface area contributed by atoms with E-state index in [1.807, 2.05) is 0 Å². The predicted octanol–water partition coefficient (Wildman–Crippen LogP) is 4.22. The van der Waals surface area contributed by atoms with Crippen molar-refractivity contribution >= 4 is 5.71 Å². The quantitative estimate of drug-likeness (QED) is 0.520. The first-order valence-electron chi connectivity index (χ1n) is 9.37. The standard InChI is InChI=1S/C19H31NO2/c1-18-9-7-13(20-22)11-12(18)3-4-14-15-5-6-17(21)19(15,2)10-8-16(14)18/h12,14-17,21-22H,3-11H2,1-2H3/b20-13-/t12?,14-,15-,16-,17-,18-,19-/m0/s1. The Morgan fingerprint density at radius 1 is 0.955 bits per heavy atom. The molecule has 0 aliphatic heterocycles. The topological polar surface area (TPSA) is 52.8 Å². The molecule has 0 heterocycles. The third-order valence-corrected chi connectivity index (χ3v) is 8.59. The maximum absolute atomic E-state index is 10.5. The van der Waals surface area contributed by atoms with Gasteiger partial charge in [-0.1, -0.05) is 19.0 Å². The Labute approximate surface area is 134 Å². The highest BCUT2D eigenvalue weighted by molar-refractivity contribution is 5.85. The SMILES string of the molecule is C[C@]12CC[C@H]3[C@@H](CCC4C/C(=N\O)CC[C@@]43C)[C@@H]1CC[C@@H]2O. The molecule has 0 aromatic carbocycles. The summed E-state index contributed by atoms with van der Waals surface area (Å²) in [5.41, 5.74) is 1.65. The van der Waals surface area contributed by atoms with Gasteiger partial charge in [-0.3, -0.25) is 0 Å². The summed E-state index contributed by atoms with van der Waals surface area (Å²) in [7, 11) is 0. The molecule has 7 atom stereocenters. The molecule has 4 fully saturated rings. The van der Waals surface area contributed by atoms with Crippen molar-refractivity contribution in [3.8, 4) is 0 Å². The first-order valence-corrected chi connectivity index (χ1v) is 9.37. The third-order valence-electron chi connectivity index (χ3n) is 8.59. The summed E-state index contributed by atoms with van der Waals surface area (Å²) in [5.74, 6) is 3.11. The summed E-state index contributed by atoms with van der Waals surface area (Å²) in [6.07, 6.45) is 10.5. The average Bonchev–Trinajstić information content (AvgIpc) is 2.82. The first kappa shape index (κ1) is 15.0. The van der Waals surface area contributed by atoms with E-state index in [0.29, 0.717) is 11.3 Å². The number of nitrogens with zero attached hydrogens (tertiary/aromatic N) is 1. The lowest BCUT2D eigenvalue weighted by Crippen LogP contribution is -2.54. The molecular weight excluding hydrogens is 274 g/mol. The van der Waals surface area contributed by atoms with Gasteiger partial charge < -0.3 is 10.3 Å². The highest BCUT2D eigenvalue weighted by Gasteiger charge is 2.59. The summed E-state index contributed by atoms with van der Waals surface area (Å²) in [6.45, 7) is 4.88. The van der Waals surface area contributed by atoms with Gasteiger partial charge >= 0.3 is 0 Å². The van der Waals surface area contributed by atoms with E-state index >= 15 is 0 Å². The first-order chi connectivity index (χ1) is 10.5. The molecular formula is C19H31NO2. The Morgan fingerprint density at radius 2 is 1.73 bits per heavy atom. The Morgan fingerprint density at radius 3 is 2.50 bits per heavy atom. The molecule has 4 saturated carbocycles. The minimum atomic E-state index is -0.0662. The van der Waals surface area contributed by atoms with Gasteiger partial charge in [0.2, 0.25) is 0 Å². The Kier molecular flexibility index (Phi) is 3.38. The minimum absolute atomic E-state index is 0.0662. The van der Waals surface area contributed by atoms with Crippen LogP contribution >= 0.6 is 0 Å². The lowest BCUT2D eigenvalue weighted by atomic mass is 9.45. The smallest absolute Gasteiger partial charge is 0.0596 e. The van der Waals surface area contributed by atoms with Crippen LogP contribution < -0.4 is 0 Å². The van der Waals surface area contributed by atoms with Crippen LogP contribution in [-0.4, -0.2) is 22.1 Å². The molecule has 2 N–H and O–H groups in total. The van der Waals surface area contributed by atoms with Crippen molar-refractivity contribution in [1.29, 1.82) is 0 Å². The molecule has 3 nitrogen and oxygen atoms in total. The Balaban J connectivity index is 1.62. The van der Waals surface area contributed by atoms with Crippen molar-refractivity contribution in [2.24, 2.45) is 39.7 Å². The zero-order valence-corrected chi connectivity index (χ0v) is 14.1. The second kappa shape index (κ2) is 4.96. The molecule has 0 bridgehead atoms. The maximum Gasteiger partial charge on any atom is 0.0596 e. The second-order valence-electron chi connectivity index (χ2n) is 9.16. The van der Waals surface area contributed by atoms with Gasteiger partial charge in [0, 0.05) is 0 Å². The van der Waals surface area contributed by atoms with Crippen LogP contribution in [0.4, 0.5) is 0 Å². The summed E-state index contributed by atoms with van der Waals surface area (Å²) in [5, 5.41) is 23.2. The molecule has 1 unspecified atom stereocenters. The minimum Gasteiger partial charge on any atom is -0.411 e. The van der Waals surface area contributed by atoms with Crippen LogP contribution in [-0.2, 0) is 0 Å². The van der Waals surface area contributed by atoms with E-state index in [0.717, 1.165) is 42.7 Å². The van der Waals surface area contributed by atoms with E-state index < -0.39 is 0 Å². The fourth-order valence-corrected chi connectivity index (χ4v) is 7.12. The molecule has 22 heavy (non-hydrogen) atoms. The van der Waals surface area contributed by atoms with Crippen LogP contribution in [0.15, 0.2) is 5.16 Å². The van der Waals surface area contributed by atoms with Crippen LogP contribution in [0.5, 0.6) is 0 Å². The molecule has 4 aliphatic rings. The lowest BCUT2D eigenvalue weighted by molar-refractivity contribution is -0.112. The van der Waals surface area contributed by atoms with Gasteiger partial charge in [-0.05, 0) is 92.3 Å². The fraction of sp³-hybridized carbons (Fsp3) is 0.947. The summed E-state index contributed by atoms with van der Waals surface area (Å²) >= 11 is 0. The summed E-state index contributed by atoms with van der Waals surface area (Å²) < 4.78 is 0. The van der Waals surface area contributed by atoms with E-state index in [1.165, 1.54) is 38.5 Å². The molecule has 0 spiro atoms. The number of fused-ring (bicyclic) bond motifs is 5. The average molecular weight is 305 g/mol. The molecule has 0 radical (unpaired) electrons. The fourth-order valence-electron chi connectivity index (χ4n) is 7.12. The maximum atomic E-state index is 10.5. The number of rotatable bonds is 0. The molecule has 0 aromatic rings. The van der Waals surface area contributed by atoms with Crippen molar-refractivity contribution in [1.82, 2.24) is 0 Å². The van der Waals surface area contributed by atoms with E-state index in [1.54, 1.807) is 0 Å². The number of aliphatic hydroxyl groups is 1. The largest absolute Gasteiger partial charge is 0.411 e. The van der Waals surface area contributed by atoms with Crippen molar-refractivity contribution < 1.29 is 10.3 Å². The highest BCUT2D eigenvalue weighted by Crippen LogP contribution is 2.65. The second-order valence-corrected chi connectivity index (χ2v) is 9.16. The Hall–Kier alpha value is -0.570. The highest BCUT2D eigenvalue weighted by atomic mass is 16.4. The number of hydrogen-bond donors (Lipinski definition) is 2. The summed E-state index contributed by atoms with van der Waals surface area (Å²) in [4.78, 5) is 0. The van der Waals surface area contributed by atoms with Crippen LogP contribution in [0.3, 0.4) is 0 Å².